The molecule has 160 valence electrons. The van der Waals surface area contributed by atoms with Gasteiger partial charge in [0.05, 0.1) is 13.2 Å². The second-order valence-corrected chi connectivity index (χ2v) is 9.46. The van der Waals surface area contributed by atoms with Gasteiger partial charge >= 0.3 is 0 Å². The van der Waals surface area contributed by atoms with Gasteiger partial charge in [-0.1, -0.05) is 18.2 Å². The van der Waals surface area contributed by atoms with Crippen molar-refractivity contribution in [3.8, 4) is 0 Å². The standard InChI is InChI=1S/C24H35N3O2.H2/c1-4-26(23(28)22-13-20-7-5-6-8-21(20)25-22)15-18-9-11-27(12-10-18)24(2,3)14-19-16-29-17-19;/h5-8,13,18-19,25H,4,9-12,14-17H2,1-3H3;1H. The molecule has 1 aromatic carbocycles. The van der Waals surface area contributed by atoms with Gasteiger partial charge in [0.25, 0.3) is 5.91 Å². The molecule has 0 aliphatic carbocycles. The highest BCUT2D eigenvalue weighted by atomic mass is 16.5. The molecule has 0 atom stereocenters. The Balaban J connectivity index is 0.00000256. The fourth-order valence-corrected chi connectivity index (χ4v) is 4.99. The molecule has 2 saturated heterocycles. The Morgan fingerprint density at radius 1 is 1.24 bits per heavy atom. The van der Waals surface area contributed by atoms with Crippen LogP contribution in [0, 0.1) is 11.8 Å². The summed E-state index contributed by atoms with van der Waals surface area (Å²) in [5.74, 6) is 1.44. The molecule has 2 aromatic rings. The molecule has 1 aromatic heterocycles. The maximum Gasteiger partial charge on any atom is 0.270 e. The van der Waals surface area contributed by atoms with Crippen LogP contribution < -0.4 is 0 Å². The number of rotatable bonds is 7. The van der Waals surface area contributed by atoms with Gasteiger partial charge in [0.2, 0.25) is 0 Å². The van der Waals surface area contributed by atoms with Crippen molar-refractivity contribution in [3.05, 3.63) is 36.0 Å². The van der Waals surface area contributed by atoms with Crippen LogP contribution in [0.25, 0.3) is 10.9 Å². The zero-order valence-electron chi connectivity index (χ0n) is 18.1. The molecule has 29 heavy (non-hydrogen) atoms. The quantitative estimate of drug-likeness (QED) is 0.750. The van der Waals surface area contributed by atoms with Crippen LogP contribution in [0.3, 0.4) is 0 Å². The van der Waals surface area contributed by atoms with Gasteiger partial charge in [-0.05, 0) is 71.2 Å². The van der Waals surface area contributed by atoms with Crippen LogP contribution in [0.4, 0.5) is 0 Å². The van der Waals surface area contributed by atoms with Gasteiger partial charge in [-0.15, -0.1) is 0 Å². The average molecular weight is 400 g/mol. The van der Waals surface area contributed by atoms with E-state index in [0.717, 1.165) is 56.2 Å². The predicted molar refractivity (Wildman–Crippen MR) is 119 cm³/mol. The number of ether oxygens (including phenoxy) is 1. The van der Waals surface area contributed by atoms with E-state index in [4.69, 9.17) is 4.74 Å². The zero-order valence-corrected chi connectivity index (χ0v) is 18.1. The molecular weight excluding hydrogens is 362 g/mol. The maximum atomic E-state index is 13.1. The van der Waals surface area contributed by atoms with E-state index in [2.05, 4.69) is 30.7 Å². The van der Waals surface area contributed by atoms with E-state index in [1.807, 2.05) is 35.2 Å². The number of H-pyrrole nitrogens is 1. The van der Waals surface area contributed by atoms with Crippen LogP contribution in [0.1, 0.15) is 51.9 Å². The molecule has 0 spiro atoms. The highest BCUT2D eigenvalue weighted by molar-refractivity contribution is 5.98. The molecule has 2 aliphatic heterocycles. The Kier molecular flexibility index (Phi) is 5.98. The van der Waals surface area contributed by atoms with Crippen molar-refractivity contribution in [2.75, 3.05) is 39.4 Å². The molecule has 0 unspecified atom stereocenters. The summed E-state index contributed by atoms with van der Waals surface area (Å²) in [6.07, 6.45) is 3.56. The minimum atomic E-state index is 0. The summed E-state index contributed by atoms with van der Waals surface area (Å²) in [7, 11) is 0. The first-order valence-corrected chi connectivity index (χ1v) is 11.2. The summed E-state index contributed by atoms with van der Waals surface area (Å²) in [4.78, 5) is 21.0. The summed E-state index contributed by atoms with van der Waals surface area (Å²) >= 11 is 0. The van der Waals surface area contributed by atoms with Crippen molar-refractivity contribution < 1.29 is 11.0 Å². The summed E-state index contributed by atoms with van der Waals surface area (Å²) in [6.45, 7) is 12.6. The second-order valence-electron chi connectivity index (χ2n) is 9.46. The largest absolute Gasteiger partial charge is 0.381 e. The van der Waals surface area contributed by atoms with E-state index in [1.54, 1.807) is 0 Å². The molecule has 0 bridgehead atoms. The third kappa shape index (κ3) is 4.51. The minimum absolute atomic E-state index is 0. The summed E-state index contributed by atoms with van der Waals surface area (Å²) in [5.41, 5.74) is 1.97. The SMILES string of the molecule is CCN(CC1CCN(C(C)(C)CC2COC2)CC1)C(=O)c1cc2ccccc2[nH]1.[HH]. The van der Waals surface area contributed by atoms with Crippen molar-refractivity contribution >= 4 is 16.8 Å². The lowest BCUT2D eigenvalue weighted by atomic mass is 9.85. The summed E-state index contributed by atoms with van der Waals surface area (Å²) in [6, 6.07) is 10.1. The highest BCUT2D eigenvalue weighted by Gasteiger charge is 2.35. The number of nitrogens with zero attached hydrogens (tertiary/aromatic N) is 2. The van der Waals surface area contributed by atoms with E-state index in [0.29, 0.717) is 11.6 Å². The van der Waals surface area contributed by atoms with E-state index < -0.39 is 0 Å². The Hall–Kier alpha value is -1.85. The monoisotopic (exact) mass is 399 g/mol. The number of amides is 1. The van der Waals surface area contributed by atoms with Gasteiger partial charge in [0.15, 0.2) is 0 Å². The number of carbonyl (C=O) groups is 1. The maximum absolute atomic E-state index is 13.1. The first-order valence-electron chi connectivity index (χ1n) is 11.2. The topological polar surface area (TPSA) is 48.6 Å². The second kappa shape index (κ2) is 8.49. The molecule has 3 heterocycles. The van der Waals surface area contributed by atoms with E-state index in [9.17, 15) is 4.79 Å². The number of aromatic amines is 1. The Morgan fingerprint density at radius 2 is 1.97 bits per heavy atom. The number of para-hydroxylation sites is 1. The van der Waals surface area contributed by atoms with Gasteiger partial charge in [0, 0.05) is 36.9 Å². The number of fused-ring (bicyclic) bond motifs is 1. The normalized spacial score (nSPS) is 19.4. The van der Waals surface area contributed by atoms with Crippen LogP contribution in [0.2, 0.25) is 0 Å². The molecule has 2 aliphatic rings. The van der Waals surface area contributed by atoms with Gasteiger partial charge in [-0.2, -0.15) is 0 Å². The first-order chi connectivity index (χ1) is 14.0. The number of piperidine rings is 1. The van der Waals surface area contributed by atoms with E-state index >= 15 is 0 Å². The molecule has 5 heteroatoms. The third-order valence-corrected chi connectivity index (χ3v) is 6.87. The van der Waals surface area contributed by atoms with Gasteiger partial charge in [-0.25, -0.2) is 0 Å². The van der Waals surface area contributed by atoms with Crippen LogP contribution in [-0.2, 0) is 4.74 Å². The Labute approximate surface area is 175 Å². The van der Waals surface area contributed by atoms with Crippen molar-refractivity contribution in [3.63, 3.8) is 0 Å². The lowest BCUT2D eigenvalue weighted by Gasteiger charge is -2.46. The van der Waals surface area contributed by atoms with E-state index in [-0.39, 0.29) is 12.9 Å². The number of hydrogen-bond donors (Lipinski definition) is 1. The van der Waals surface area contributed by atoms with E-state index in [1.165, 1.54) is 19.3 Å². The molecule has 1 N–H and O–H groups in total. The molecule has 1 amide bonds. The van der Waals surface area contributed by atoms with Crippen LogP contribution in [-0.4, -0.2) is 65.6 Å². The number of likely N-dealkylation sites (tertiary alicyclic amines) is 1. The van der Waals surface area contributed by atoms with Crippen molar-refractivity contribution in [2.45, 2.75) is 45.6 Å². The third-order valence-electron chi connectivity index (χ3n) is 6.87. The molecular formula is C24H37N3O2. The van der Waals surface area contributed by atoms with Crippen molar-refractivity contribution in [1.29, 1.82) is 0 Å². The summed E-state index contributed by atoms with van der Waals surface area (Å²) in [5, 5.41) is 1.10. The average Bonchev–Trinajstić information content (AvgIpc) is 3.13. The lowest BCUT2D eigenvalue weighted by molar-refractivity contribution is -0.0629. The number of aromatic nitrogens is 1. The Morgan fingerprint density at radius 3 is 2.59 bits per heavy atom. The van der Waals surface area contributed by atoms with Crippen LogP contribution >= 0.6 is 0 Å². The molecule has 4 rings (SSSR count). The number of benzene rings is 1. The fourth-order valence-electron chi connectivity index (χ4n) is 4.99. The zero-order chi connectivity index (χ0) is 20.4. The number of nitrogens with one attached hydrogen (secondary N) is 1. The Bertz CT molecular complexity index is 805. The van der Waals surface area contributed by atoms with Crippen LogP contribution in [0.5, 0.6) is 0 Å². The fraction of sp³-hybridized carbons (Fsp3) is 0.625. The van der Waals surface area contributed by atoms with Gasteiger partial charge in [-0.3, -0.25) is 9.69 Å². The minimum Gasteiger partial charge on any atom is -0.381 e. The van der Waals surface area contributed by atoms with Crippen LogP contribution in [0.15, 0.2) is 30.3 Å². The van der Waals surface area contributed by atoms with Gasteiger partial charge < -0.3 is 14.6 Å². The number of hydrogen-bond acceptors (Lipinski definition) is 3. The lowest BCUT2D eigenvalue weighted by Crippen LogP contribution is -2.51. The molecule has 0 saturated carbocycles. The molecule has 2 fully saturated rings. The molecule has 0 radical (unpaired) electrons. The highest BCUT2D eigenvalue weighted by Crippen LogP contribution is 2.31. The smallest absolute Gasteiger partial charge is 0.270 e. The van der Waals surface area contributed by atoms with Crippen molar-refractivity contribution in [2.24, 2.45) is 11.8 Å². The predicted octanol–water partition coefficient (Wildman–Crippen LogP) is 4.40. The molecule has 5 nitrogen and oxygen atoms in total. The van der Waals surface area contributed by atoms with Crippen molar-refractivity contribution in [1.82, 2.24) is 14.8 Å². The number of carbonyl (C=O) groups excluding carboxylic acids is 1. The summed E-state index contributed by atoms with van der Waals surface area (Å²) < 4.78 is 5.36. The van der Waals surface area contributed by atoms with Gasteiger partial charge in [0.1, 0.15) is 5.69 Å². The first kappa shape index (κ1) is 20.4.